The van der Waals surface area contributed by atoms with Gasteiger partial charge < -0.3 is 10.1 Å². The van der Waals surface area contributed by atoms with E-state index in [1.807, 2.05) is 30.3 Å². The normalized spacial score (nSPS) is 10.5. The lowest BCUT2D eigenvalue weighted by atomic mass is 10.1. The lowest BCUT2D eigenvalue weighted by Gasteiger charge is -2.06. The maximum atomic E-state index is 12.1. The van der Waals surface area contributed by atoms with Crippen LogP contribution in [0.25, 0.3) is 10.9 Å². The minimum absolute atomic E-state index is 0.0765. The van der Waals surface area contributed by atoms with E-state index in [4.69, 9.17) is 4.74 Å². The van der Waals surface area contributed by atoms with Crippen molar-refractivity contribution in [2.24, 2.45) is 0 Å². The first-order valence-electron chi connectivity index (χ1n) is 7.32. The van der Waals surface area contributed by atoms with Crippen molar-refractivity contribution in [3.8, 4) is 0 Å². The number of pyridine rings is 1. The molecule has 0 fully saturated rings. The molecular formula is C17H15N3O3S. The number of carbonyl (C=O) groups excluding carboxylic acids is 2. The Morgan fingerprint density at radius 3 is 2.92 bits per heavy atom. The van der Waals surface area contributed by atoms with Gasteiger partial charge in [0.1, 0.15) is 6.61 Å². The van der Waals surface area contributed by atoms with Gasteiger partial charge in [-0.15, -0.1) is 11.3 Å². The number of amides is 1. The summed E-state index contributed by atoms with van der Waals surface area (Å²) in [5.74, 6) is -0.529. The third-order valence-electron chi connectivity index (χ3n) is 3.27. The Kier molecular flexibility index (Phi) is 4.81. The van der Waals surface area contributed by atoms with Gasteiger partial charge in [-0.25, -0.2) is 4.98 Å². The highest BCUT2D eigenvalue weighted by Crippen LogP contribution is 2.18. The van der Waals surface area contributed by atoms with Crippen LogP contribution in [0.5, 0.6) is 0 Å². The molecule has 0 atom stereocenters. The number of carbonyl (C=O) groups is 2. The number of benzene rings is 1. The number of ether oxygens (including phenoxy) is 1. The van der Waals surface area contributed by atoms with Gasteiger partial charge in [-0.05, 0) is 11.6 Å². The van der Waals surface area contributed by atoms with E-state index in [2.05, 4.69) is 15.3 Å². The van der Waals surface area contributed by atoms with Gasteiger partial charge in [0.2, 0.25) is 5.91 Å². The van der Waals surface area contributed by atoms with Gasteiger partial charge in [0, 0.05) is 23.9 Å². The van der Waals surface area contributed by atoms with E-state index in [0.29, 0.717) is 10.8 Å². The standard InChI is InChI=1S/C17H15N3O3S/c1-11(21)19-17-20-14(10-24-17)9-23-15(22)8-13-5-2-4-12-6-3-7-18-16(12)13/h2-7,10H,8-9H2,1H3,(H,19,20,21). The van der Waals surface area contributed by atoms with Crippen molar-refractivity contribution in [1.29, 1.82) is 0 Å². The number of nitrogens with zero attached hydrogens (tertiary/aromatic N) is 2. The molecule has 0 aliphatic heterocycles. The van der Waals surface area contributed by atoms with Crippen molar-refractivity contribution in [3.05, 3.63) is 53.2 Å². The Bertz CT molecular complexity index is 886. The van der Waals surface area contributed by atoms with Crippen molar-refractivity contribution >= 4 is 39.2 Å². The molecule has 3 rings (SSSR count). The zero-order valence-electron chi connectivity index (χ0n) is 13.0. The van der Waals surface area contributed by atoms with Crippen molar-refractivity contribution in [3.63, 3.8) is 0 Å². The summed E-state index contributed by atoms with van der Waals surface area (Å²) >= 11 is 1.29. The number of rotatable bonds is 5. The van der Waals surface area contributed by atoms with Crippen LogP contribution in [-0.2, 0) is 27.4 Å². The summed E-state index contributed by atoms with van der Waals surface area (Å²) in [7, 11) is 0. The maximum absolute atomic E-state index is 12.1. The molecule has 7 heteroatoms. The van der Waals surface area contributed by atoms with Crippen LogP contribution in [-0.4, -0.2) is 21.8 Å². The third-order valence-corrected chi connectivity index (χ3v) is 4.07. The topological polar surface area (TPSA) is 81.2 Å². The number of aromatic nitrogens is 2. The smallest absolute Gasteiger partial charge is 0.310 e. The Hall–Kier alpha value is -2.80. The number of thiazole rings is 1. The minimum Gasteiger partial charge on any atom is -0.459 e. The number of hydrogen-bond donors (Lipinski definition) is 1. The van der Waals surface area contributed by atoms with Crippen LogP contribution < -0.4 is 5.32 Å². The monoisotopic (exact) mass is 341 g/mol. The second kappa shape index (κ2) is 7.18. The lowest BCUT2D eigenvalue weighted by molar-refractivity contribution is -0.144. The zero-order chi connectivity index (χ0) is 16.9. The van der Waals surface area contributed by atoms with Crippen LogP contribution in [0.4, 0.5) is 5.13 Å². The first-order chi connectivity index (χ1) is 11.6. The molecule has 0 aliphatic rings. The molecule has 6 nitrogen and oxygen atoms in total. The fourth-order valence-corrected chi connectivity index (χ4v) is 2.99. The van der Waals surface area contributed by atoms with Crippen LogP contribution >= 0.6 is 11.3 Å². The number of nitrogens with one attached hydrogen (secondary N) is 1. The predicted molar refractivity (Wildman–Crippen MR) is 91.7 cm³/mol. The van der Waals surface area contributed by atoms with Crippen LogP contribution in [0.1, 0.15) is 18.2 Å². The van der Waals surface area contributed by atoms with Crippen molar-refractivity contribution in [1.82, 2.24) is 9.97 Å². The molecule has 122 valence electrons. The Labute approximate surface area is 142 Å². The van der Waals surface area contributed by atoms with Crippen LogP contribution in [0.2, 0.25) is 0 Å². The summed E-state index contributed by atoms with van der Waals surface area (Å²) in [5.41, 5.74) is 2.24. The molecule has 2 heterocycles. The van der Waals surface area contributed by atoms with Gasteiger partial charge in [-0.1, -0.05) is 24.3 Å². The number of hydrogen-bond acceptors (Lipinski definition) is 6. The summed E-state index contributed by atoms with van der Waals surface area (Å²) in [4.78, 5) is 31.5. The van der Waals surface area contributed by atoms with Crippen molar-refractivity contribution in [2.45, 2.75) is 20.0 Å². The molecule has 0 radical (unpaired) electrons. The maximum Gasteiger partial charge on any atom is 0.310 e. The van der Waals surface area contributed by atoms with E-state index in [0.717, 1.165) is 16.5 Å². The molecule has 0 saturated carbocycles. The molecular weight excluding hydrogens is 326 g/mol. The van der Waals surface area contributed by atoms with E-state index in [9.17, 15) is 9.59 Å². The zero-order valence-corrected chi connectivity index (χ0v) is 13.8. The molecule has 3 aromatic rings. The van der Waals surface area contributed by atoms with Crippen LogP contribution in [0, 0.1) is 0 Å². The molecule has 0 aliphatic carbocycles. The molecule has 1 aromatic carbocycles. The molecule has 1 N–H and O–H groups in total. The third kappa shape index (κ3) is 3.94. The molecule has 2 aromatic heterocycles. The van der Waals surface area contributed by atoms with Gasteiger partial charge in [0.25, 0.3) is 0 Å². The first-order valence-corrected chi connectivity index (χ1v) is 8.20. The predicted octanol–water partition coefficient (Wildman–Crippen LogP) is 2.94. The Balaban J connectivity index is 1.61. The number of para-hydroxylation sites is 1. The molecule has 24 heavy (non-hydrogen) atoms. The molecule has 0 saturated heterocycles. The van der Waals surface area contributed by atoms with Gasteiger partial charge in [0.05, 0.1) is 17.6 Å². The van der Waals surface area contributed by atoms with Crippen molar-refractivity contribution < 1.29 is 14.3 Å². The second-order valence-electron chi connectivity index (χ2n) is 5.15. The van der Waals surface area contributed by atoms with E-state index in [-0.39, 0.29) is 24.9 Å². The lowest BCUT2D eigenvalue weighted by Crippen LogP contribution is -2.09. The fraction of sp³-hybridized carbons (Fsp3) is 0.176. The minimum atomic E-state index is -0.345. The number of fused-ring (bicyclic) bond motifs is 1. The second-order valence-corrected chi connectivity index (χ2v) is 6.01. The summed E-state index contributed by atoms with van der Waals surface area (Å²) in [5, 5.41) is 5.82. The highest BCUT2D eigenvalue weighted by Gasteiger charge is 2.11. The van der Waals surface area contributed by atoms with Gasteiger partial charge in [-0.3, -0.25) is 14.6 Å². The average Bonchev–Trinajstić information content (AvgIpc) is 3.00. The highest BCUT2D eigenvalue weighted by atomic mass is 32.1. The Morgan fingerprint density at radius 2 is 2.08 bits per heavy atom. The largest absolute Gasteiger partial charge is 0.459 e. The van der Waals surface area contributed by atoms with Gasteiger partial charge in [0.15, 0.2) is 5.13 Å². The summed E-state index contributed by atoms with van der Waals surface area (Å²) < 4.78 is 5.26. The molecule has 1 amide bonds. The average molecular weight is 341 g/mol. The Morgan fingerprint density at radius 1 is 1.25 bits per heavy atom. The quantitative estimate of drug-likeness (QED) is 0.722. The summed E-state index contributed by atoms with van der Waals surface area (Å²) in [6.07, 6.45) is 1.85. The highest BCUT2D eigenvalue weighted by molar-refractivity contribution is 7.13. The molecule has 0 bridgehead atoms. The number of anilines is 1. The summed E-state index contributed by atoms with van der Waals surface area (Å²) in [6, 6.07) is 9.53. The van der Waals surface area contributed by atoms with Gasteiger partial charge in [-0.2, -0.15) is 0 Å². The van der Waals surface area contributed by atoms with E-state index in [1.54, 1.807) is 11.6 Å². The number of esters is 1. The summed E-state index contributed by atoms with van der Waals surface area (Å²) in [6.45, 7) is 1.49. The SMILES string of the molecule is CC(=O)Nc1nc(COC(=O)Cc2cccc3cccnc23)cs1. The van der Waals surface area contributed by atoms with Crippen molar-refractivity contribution in [2.75, 3.05) is 5.32 Å². The first kappa shape index (κ1) is 16.1. The van der Waals surface area contributed by atoms with E-state index in [1.165, 1.54) is 18.3 Å². The molecule has 0 unspecified atom stereocenters. The van der Waals surface area contributed by atoms with Gasteiger partial charge >= 0.3 is 5.97 Å². The molecule has 0 spiro atoms. The van der Waals surface area contributed by atoms with Crippen LogP contribution in [0.15, 0.2) is 41.9 Å². The van der Waals surface area contributed by atoms with E-state index >= 15 is 0 Å². The fourth-order valence-electron chi connectivity index (χ4n) is 2.25. The van der Waals surface area contributed by atoms with E-state index < -0.39 is 0 Å². The van der Waals surface area contributed by atoms with Crippen LogP contribution in [0.3, 0.4) is 0 Å².